The Hall–Kier alpha value is -1.01. The quantitative estimate of drug-likeness (QED) is 0.591. The van der Waals surface area contributed by atoms with Gasteiger partial charge in [-0.2, -0.15) is 11.8 Å². The summed E-state index contributed by atoms with van der Waals surface area (Å²) < 4.78 is 1.14. The number of hydrogen-bond acceptors (Lipinski definition) is 2. The fourth-order valence-electron chi connectivity index (χ4n) is 1.70. The molecule has 0 atom stereocenters. The Bertz CT molecular complexity index is 542. The smallest absolute Gasteiger partial charge is 0.251 e. The van der Waals surface area contributed by atoms with Gasteiger partial charge in [-0.15, -0.1) is 0 Å². The highest BCUT2D eigenvalue weighted by molar-refractivity contribution is 14.1. The minimum Gasteiger partial charge on any atom is -0.351 e. The summed E-state index contributed by atoms with van der Waals surface area (Å²) in [4.78, 5) is 11.9. The largest absolute Gasteiger partial charge is 0.351 e. The lowest BCUT2D eigenvalue weighted by molar-refractivity contribution is 0.0956. The molecule has 0 aliphatic rings. The normalized spacial score (nSPS) is 10.2. The average molecular weight is 397 g/mol. The van der Waals surface area contributed by atoms with Gasteiger partial charge in [-0.05, 0) is 52.4 Å². The molecule has 0 fully saturated rings. The molecule has 1 amide bonds. The minimum atomic E-state index is 0.00158. The lowest BCUT2D eigenvalue weighted by Gasteiger charge is -2.05. The van der Waals surface area contributed by atoms with Gasteiger partial charge in [0.1, 0.15) is 0 Å². The molecule has 0 radical (unpaired) electrons. The topological polar surface area (TPSA) is 29.1 Å². The highest BCUT2D eigenvalue weighted by Crippen LogP contribution is 2.11. The van der Waals surface area contributed by atoms with Crippen molar-refractivity contribution in [3.05, 3.63) is 69.3 Å². The van der Waals surface area contributed by atoms with Crippen molar-refractivity contribution in [2.45, 2.75) is 5.75 Å². The number of halogens is 1. The number of rotatable bonds is 6. The highest BCUT2D eigenvalue weighted by atomic mass is 127. The molecule has 2 aromatic carbocycles. The lowest BCUT2D eigenvalue weighted by atomic mass is 10.2. The van der Waals surface area contributed by atoms with Crippen molar-refractivity contribution in [2.24, 2.45) is 0 Å². The Morgan fingerprint density at radius 2 is 1.75 bits per heavy atom. The van der Waals surface area contributed by atoms with Crippen molar-refractivity contribution < 1.29 is 4.79 Å². The molecule has 20 heavy (non-hydrogen) atoms. The van der Waals surface area contributed by atoms with Gasteiger partial charge >= 0.3 is 0 Å². The molecule has 104 valence electrons. The maximum absolute atomic E-state index is 11.9. The number of carbonyl (C=O) groups excluding carboxylic acids is 1. The van der Waals surface area contributed by atoms with Crippen LogP contribution in [0.2, 0.25) is 0 Å². The number of thioether (sulfide) groups is 1. The van der Waals surface area contributed by atoms with Crippen LogP contribution in [-0.4, -0.2) is 18.2 Å². The predicted molar refractivity (Wildman–Crippen MR) is 94.1 cm³/mol. The van der Waals surface area contributed by atoms with E-state index in [4.69, 9.17) is 0 Å². The Morgan fingerprint density at radius 1 is 1.05 bits per heavy atom. The average Bonchev–Trinajstić information content (AvgIpc) is 2.48. The van der Waals surface area contributed by atoms with Crippen LogP contribution in [0, 0.1) is 3.57 Å². The Labute approximate surface area is 137 Å². The molecule has 0 aliphatic carbocycles. The maximum atomic E-state index is 11.9. The number of carbonyl (C=O) groups is 1. The van der Waals surface area contributed by atoms with Crippen LogP contribution < -0.4 is 5.32 Å². The molecule has 0 heterocycles. The fourth-order valence-corrected chi connectivity index (χ4v) is 2.88. The lowest BCUT2D eigenvalue weighted by Crippen LogP contribution is -2.25. The number of amides is 1. The second-order valence-corrected chi connectivity index (χ2v) is 6.65. The highest BCUT2D eigenvalue weighted by Gasteiger charge is 2.03. The molecular formula is C16H16INOS. The molecule has 2 aromatic rings. The molecule has 0 aromatic heterocycles. The summed E-state index contributed by atoms with van der Waals surface area (Å²) in [6.07, 6.45) is 0. The Balaban J connectivity index is 1.66. The maximum Gasteiger partial charge on any atom is 0.251 e. The van der Waals surface area contributed by atoms with Crippen LogP contribution in [0.1, 0.15) is 15.9 Å². The van der Waals surface area contributed by atoms with Crippen LogP contribution in [0.3, 0.4) is 0 Å². The van der Waals surface area contributed by atoms with Gasteiger partial charge in [0.25, 0.3) is 5.91 Å². The summed E-state index contributed by atoms with van der Waals surface area (Å²) in [5.74, 6) is 1.91. The second kappa shape index (κ2) is 8.32. The molecule has 1 N–H and O–H groups in total. The van der Waals surface area contributed by atoms with Gasteiger partial charge in [-0.3, -0.25) is 4.79 Å². The fraction of sp³-hybridized carbons (Fsp3) is 0.188. The van der Waals surface area contributed by atoms with Crippen LogP contribution in [0.4, 0.5) is 0 Å². The summed E-state index contributed by atoms with van der Waals surface area (Å²) in [6.45, 7) is 0.697. The first-order valence-electron chi connectivity index (χ1n) is 6.41. The molecule has 4 heteroatoms. The number of nitrogens with one attached hydrogen (secondary N) is 1. The van der Waals surface area contributed by atoms with E-state index in [0.717, 1.165) is 20.6 Å². The van der Waals surface area contributed by atoms with E-state index in [1.165, 1.54) is 5.56 Å². The summed E-state index contributed by atoms with van der Waals surface area (Å²) in [7, 11) is 0. The second-order valence-electron chi connectivity index (χ2n) is 4.30. The SMILES string of the molecule is O=C(NCCSCc1ccccc1)c1ccc(I)cc1. The predicted octanol–water partition coefficient (Wildman–Crippen LogP) is 3.95. The van der Waals surface area contributed by atoms with Gasteiger partial charge in [0, 0.05) is 27.2 Å². The van der Waals surface area contributed by atoms with Crippen LogP contribution in [-0.2, 0) is 5.75 Å². The zero-order chi connectivity index (χ0) is 14.2. The molecule has 0 aliphatic heterocycles. The van der Waals surface area contributed by atoms with Crippen molar-refractivity contribution in [2.75, 3.05) is 12.3 Å². The zero-order valence-electron chi connectivity index (χ0n) is 11.0. The van der Waals surface area contributed by atoms with Crippen LogP contribution in [0.15, 0.2) is 54.6 Å². The van der Waals surface area contributed by atoms with E-state index in [1.54, 1.807) is 0 Å². The van der Waals surface area contributed by atoms with Gasteiger partial charge in [0.15, 0.2) is 0 Å². The summed E-state index contributed by atoms with van der Waals surface area (Å²) in [6, 6.07) is 18.0. The van der Waals surface area contributed by atoms with E-state index in [-0.39, 0.29) is 5.91 Å². The van der Waals surface area contributed by atoms with Crippen molar-refractivity contribution in [3.8, 4) is 0 Å². The monoisotopic (exact) mass is 397 g/mol. The van der Waals surface area contributed by atoms with Crippen molar-refractivity contribution in [3.63, 3.8) is 0 Å². The van der Waals surface area contributed by atoms with Gasteiger partial charge < -0.3 is 5.32 Å². The molecule has 0 saturated heterocycles. The van der Waals surface area contributed by atoms with E-state index < -0.39 is 0 Å². The van der Waals surface area contributed by atoms with E-state index in [9.17, 15) is 4.79 Å². The van der Waals surface area contributed by atoms with E-state index in [2.05, 4.69) is 52.2 Å². The summed E-state index contributed by atoms with van der Waals surface area (Å²) in [5, 5.41) is 2.94. The van der Waals surface area contributed by atoms with Crippen LogP contribution in [0.25, 0.3) is 0 Å². The number of hydrogen-bond donors (Lipinski definition) is 1. The summed E-state index contributed by atoms with van der Waals surface area (Å²) in [5.41, 5.74) is 2.04. The third-order valence-corrected chi connectivity index (χ3v) is 4.50. The summed E-state index contributed by atoms with van der Waals surface area (Å²) >= 11 is 4.06. The molecular weight excluding hydrogens is 381 g/mol. The van der Waals surface area contributed by atoms with Crippen molar-refractivity contribution in [1.82, 2.24) is 5.32 Å². The first-order chi connectivity index (χ1) is 9.75. The third kappa shape index (κ3) is 5.17. The zero-order valence-corrected chi connectivity index (χ0v) is 14.0. The van der Waals surface area contributed by atoms with Crippen LogP contribution in [0.5, 0.6) is 0 Å². The first kappa shape index (κ1) is 15.4. The standard InChI is InChI=1S/C16H16INOS/c17-15-8-6-14(7-9-15)16(19)18-10-11-20-12-13-4-2-1-3-5-13/h1-9H,10-12H2,(H,18,19). The minimum absolute atomic E-state index is 0.00158. The van der Waals surface area contributed by atoms with E-state index in [1.807, 2.05) is 42.1 Å². The van der Waals surface area contributed by atoms with Gasteiger partial charge in [0.05, 0.1) is 0 Å². The Kier molecular flexibility index (Phi) is 6.39. The molecule has 0 unspecified atom stereocenters. The molecule has 2 nitrogen and oxygen atoms in total. The van der Waals surface area contributed by atoms with Gasteiger partial charge in [-0.1, -0.05) is 30.3 Å². The number of benzene rings is 2. The Morgan fingerprint density at radius 3 is 2.45 bits per heavy atom. The van der Waals surface area contributed by atoms with E-state index >= 15 is 0 Å². The molecule has 2 rings (SSSR count). The van der Waals surface area contributed by atoms with Gasteiger partial charge in [-0.25, -0.2) is 0 Å². The molecule has 0 bridgehead atoms. The van der Waals surface area contributed by atoms with Crippen molar-refractivity contribution >= 4 is 40.3 Å². The van der Waals surface area contributed by atoms with E-state index in [0.29, 0.717) is 6.54 Å². The third-order valence-electron chi connectivity index (χ3n) is 2.75. The molecule has 0 spiro atoms. The van der Waals surface area contributed by atoms with Crippen molar-refractivity contribution in [1.29, 1.82) is 0 Å². The van der Waals surface area contributed by atoms with Crippen LogP contribution >= 0.6 is 34.4 Å². The molecule has 0 saturated carbocycles. The van der Waals surface area contributed by atoms with Gasteiger partial charge in [0.2, 0.25) is 0 Å². The first-order valence-corrected chi connectivity index (χ1v) is 8.64.